The second-order valence-electron chi connectivity index (χ2n) is 5.33. The van der Waals surface area contributed by atoms with Crippen molar-refractivity contribution in [3.05, 3.63) is 35.6 Å². The Labute approximate surface area is 120 Å². The van der Waals surface area contributed by atoms with Crippen molar-refractivity contribution in [2.45, 2.75) is 38.6 Å². The van der Waals surface area contributed by atoms with Gasteiger partial charge in [-0.1, -0.05) is 25.1 Å². The Morgan fingerprint density at radius 1 is 1.37 bits per heavy atom. The van der Waals surface area contributed by atoms with E-state index in [4.69, 9.17) is 0 Å². The highest BCUT2D eigenvalue weighted by Crippen LogP contribution is 2.21. The minimum atomic E-state index is -0.0536. The molecule has 1 aromatic carbocycles. The zero-order chi connectivity index (χ0) is 13.5. The van der Waals surface area contributed by atoms with Crippen LogP contribution in [0.25, 0.3) is 0 Å². The van der Waals surface area contributed by atoms with Crippen molar-refractivity contribution in [3.8, 4) is 0 Å². The van der Waals surface area contributed by atoms with Gasteiger partial charge in [-0.05, 0) is 61.3 Å². The molecule has 1 fully saturated rings. The van der Waals surface area contributed by atoms with Gasteiger partial charge in [-0.3, -0.25) is 0 Å². The maximum Gasteiger partial charge on any atom is 0.126 e. The van der Waals surface area contributed by atoms with Crippen LogP contribution in [-0.2, 0) is 6.42 Å². The largest absolute Gasteiger partial charge is 0.314 e. The Kier molecular flexibility index (Phi) is 6.18. The lowest BCUT2D eigenvalue weighted by Gasteiger charge is -2.18. The molecule has 106 valence electrons. The van der Waals surface area contributed by atoms with Crippen LogP contribution >= 0.6 is 11.8 Å². The first-order valence-corrected chi connectivity index (χ1v) is 8.49. The first kappa shape index (κ1) is 14.9. The molecule has 0 aliphatic heterocycles. The lowest BCUT2D eigenvalue weighted by molar-refractivity contribution is 0.452. The minimum absolute atomic E-state index is 0.0536. The molecule has 1 aliphatic rings. The van der Waals surface area contributed by atoms with Gasteiger partial charge in [-0.25, -0.2) is 4.39 Å². The van der Waals surface area contributed by atoms with Gasteiger partial charge in [0, 0.05) is 6.04 Å². The van der Waals surface area contributed by atoms with Crippen LogP contribution in [0.2, 0.25) is 0 Å². The van der Waals surface area contributed by atoms with E-state index in [1.54, 1.807) is 12.1 Å². The second-order valence-corrected chi connectivity index (χ2v) is 6.72. The molecule has 1 atom stereocenters. The zero-order valence-electron chi connectivity index (χ0n) is 11.7. The molecule has 2 rings (SSSR count). The van der Waals surface area contributed by atoms with E-state index in [-0.39, 0.29) is 5.82 Å². The summed E-state index contributed by atoms with van der Waals surface area (Å²) in [5, 5.41) is 3.59. The molecule has 0 radical (unpaired) electrons. The Balaban J connectivity index is 1.85. The summed E-state index contributed by atoms with van der Waals surface area (Å²) in [5.74, 6) is 2.85. The molecule has 1 saturated carbocycles. The van der Waals surface area contributed by atoms with Crippen molar-refractivity contribution in [2.24, 2.45) is 5.92 Å². The van der Waals surface area contributed by atoms with E-state index in [0.717, 1.165) is 24.6 Å². The van der Waals surface area contributed by atoms with Gasteiger partial charge < -0.3 is 5.32 Å². The van der Waals surface area contributed by atoms with Gasteiger partial charge in [0.25, 0.3) is 0 Å². The third kappa shape index (κ3) is 5.53. The molecular weight excluding hydrogens is 257 g/mol. The normalized spacial score (nSPS) is 16.5. The summed E-state index contributed by atoms with van der Waals surface area (Å²) in [6, 6.07) is 7.93. The first-order valence-electron chi connectivity index (χ1n) is 7.34. The molecule has 1 N–H and O–H groups in total. The monoisotopic (exact) mass is 281 g/mol. The highest BCUT2D eigenvalue weighted by atomic mass is 32.2. The van der Waals surface area contributed by atoms with Crippen LogP contribution in [0.4, 0.5) is 4.39 Å². The highest BCUT2D eigenvalue weighted by molar-refractivity contribution is 7.99. The molecule has 1 aromatic rings. The molecule has 19 heavy (non-hydrogen) atoms. The Morgan fingerprint density at radius 3 is 2.84 bits per heavy atom. The highest BCUT2D eigenvalue weighted by Gasteiger charge is 2.22. The topological polar surface area (TPSA) is 12.0 Å². The second kappa shape index (κ2) is 7.91. The van der Waals surface area contributed by atoms with Crippen molar-refractivity contribution in [3.63, 3.8) is 0 Å². The van der Waals surface area contributed by atoms with Crippen LogP contribution in [0.3, 0.4) is 0 Å². The molecule has 0 aromatic heterocycles. The van der Waals surface area contributed by atoms with Crippen molar-refractivity contribution < 1.29 is 4.39 Å². The average molecular weight is 281 g/mol. The van der Waals surface area contributed by atoms with Crippen molar-refractivity contribution in [2.75, 3.05) is 18.1 Å². The molecular formula is C16H24FNS. The van der Waals surface area contributed by atoms with E-state index in [2.05, 4.69) is 12.2 Å². The molecule has 3 heteroatoms. The van der Waals surface area contributed by atoms with Crippen LogP contribution in [0.1, 0.15) is 31.7 Å². The van der Waals surface area contributed by atoms with Crippen molar-refractivity contribution in [1.29, 1.82) is 0 Å². The molecule has 0 saturated heterocycles. The van der Waals surface area contributed by atoms with Crippen LogP contribution in [-0.4, -0.2) is 24.1 Å². The van der Waals surface area contributed by atoms with Crippen molar-refractivity contribution in [1.82, 2.24) is 5.32 Å². The zero-order valence-corrected chi connectivity index (χ0v) is 12.5. The van der Waals surface area contributed by atoms with Crippen LogP contribution in [0.15, 0.2) is 24.3 Å². The van der Waals surface area contributed by atoms with Gasteiger partial charge in [0.05, 0.1) is 0 Å². The van der Waals surface area contributed by atoms with E-state index < -0.39 is 0 Å². The lowest BCUT2D eigenvalue weighted by Crippen LogP contribution is -2.26. The fourth-order valence-electron chi connectivity index (χ4n) is 2.27. The van der Waals surface area contributed by atoms with Gasteiger partial charge in [0.1, 0.15) is 5.82 Å². The predicted octanol–water partition coefficient (Wildman–Crippen LogP) is 3.88. The maximum atomic E-state index is 13.7. The van der Waals surface area contributed by atoms with E-state index in [1.165, 1.54) is 30.8 Å². The molecule has 0 spiro atoms. The first-order chi connectivity index (χ1) is 9.29. The van der Waals surface area contributed by atoms with E-state index in [1.807, 2.05) is 23.9 Å². The summed E-state index contributed by atoms with van der Waals surface area (Å²) in [4.78, 5) is 0. The van der Waals surface area contributed by atoms with Gasteiger partial charge in [-0.15, -0.1) is 0 Å². The molecule has 1 aliphatic carbocycles. The smallest absolute Gasteiger partial charge is 0.126 e. The SMILES string of the molecule is CCSCCC(CNC1CC1)Cc1ccccc1F. The molecule has 0 bridgehead atoms. The van der Waals surface area contributed by atoms with Gasteiger partial charge in [-0.2, -0.15) is 11.8 Å². The number of hydrogen-bond acceptors (Lipinski definition) is 2. The van der Waals surface area contributed by atoms with E-state index in [0.29, 0.717) is 5.92 Å². The quantitative estimate of drug-likeness (QED) is 0.689. The minimum Gasteiger partial charge on any atom is -0.314 e. The number of rotatable bonds is 9. The fraction of sp³-hybridized carbons (Fsp3) is 0.625. The van der Waals surface area contributed by atoms with Crippen LogP contribution < -0.4 is 5.32 Å². The average Bonchev–Trinajstić information content (AvgIpc) is 3.22. The van der Waals surface area contributed by atoms with Gasteiger partial charge >= 0.3 is 0 Å². The summed E-state index contributed by atoms with van der Waals surface area (Å²) < 4.78 is 13.7. The third-order valence-corrected chi connectivity index (χ3v) is 4.55. The number of halogens is 1. The number of thioether (sulfide) groups is 1. The summed E-state index contributed by atoms with van der Waals surface area (Å²) in [6.45, 7) is 3.22. The van der Waals surface area contributed by atoms with E-state index >= 15 is 0 Å². The summed E-state index contributed by atoms with van der Waals surface area (Å²) in [7, 11) is 0. The predicted molar refractivity (Wildman–Crippen MR) is 82.2 cm³/mol. The Morgan fingerprint density at radius 2 is 2.16 bits per heavy atom. The van der Waals surface area contributed by atoms with Gasteiger partial charge in [0.15, 0.2) is 0 Å². The summed E-state index contributed by atoms with van der Waals surface area (Å²) >= 11 is 1.98. The summed E-state index contributed by atoms with van der Waals surface area (Å²) in [6.07, 6.45) is 4.66. The number of benzene rings is 1. The molecule has 0 amide bonds. The van der Waals surface area contributed by atoms with Crippen LogP contribution in [0.5, 0.6) is 0 Å². The Bertz CT molecular complexity index is 379. The summed E-state index contributed by atoms with van der Waals surface area (Å²) in [5.41, 5.74) is 0.867. The van der Waals surface area contributed by atoms with Crippen LogP contribution in [0, 0.1) is 11.7 Å². The van der Waals surface area contributed by atoms with Gasteiger partial charge in [0.2, 0.25) is 0 Å². The van der Waals surface area contributed by atoms with E-state index in [9.17, 15) is 4.39 Å². The standard InChI is InChI=1S/C16H24FNS/c1-2-19-10-9-13(12-18-15-7-8-15)11-14-5-3-4-6-16(14)17/h3-6,13,15,18H,2,7-12H2,1H3. The number of hydrogen-bond donors (Lipinski definition) is 1. The maximum absolute atomic E-state index is 13.7. The third-order valence-electron chi connectivity index (χ3n) is 3.61. The molecule has 1 unspecified atom stereocenters. The molecule has 1 nitrogen and oxygen atoms in total. The Hall–Kier alpha value is -0.540. The lowest BCUT2D eigenvalue weighted by atomic mass is 9.96. The number of nitrogens with one attached hydrogen (secondary N) is 1. The van der Waals surface area contributed by atoms with Crippen molar-refractivity contribution >= 4 is 11.8 Å². The fourth-order valence-corrected chi connectivity index (χ4v) is 3.06. The molecule has 0 heterocycles.